The summed E-state index contributed by atoms with van der Waals surface area (Å²) in [6.07, 6.45) is 23.1. The molecule has 0 saturated carbocycles. The molecule has 0 saturated heterocycles. The molecular weight excluding hydrogens is 380 g/mol. The monoisotopic (exact) mass is 432 g/mol. The molecule has 0 amide bonds. The Morgan fingerprint density at radius 2 is 1.03 bits per heavy atom. The maximum atomic E-state index is 5.74. The van der Waals surface area contributed by atoms with Crippen LogP contribution >= 0.6 is 0 Å². The van der Waals surface area contributed by atoms with Crippen LogP contribution in [-0.4, -0.2) is 36.1 Å². The molecule has 0 aromatic rings. The molecule has 0 rings (SSSR count). The van der Waals surface area contributed by atoms with E-state index in [0.717, 1.165) is 25.4 Å². The minimum atomic E-state index is -2.57. The summed E-state index contributed by atoms with van der Waals surface area (Å²) in [7, 11) is 0.744. The molecule has 0 spiro atoms. The summed E-state index contributed by atoms with van der Waals surface area (Å²) in [5.41, 5.74) is 8.64. The van der Waals surface area contributed by atoms with Gasteiger partial charge in [-0.3, -0.25) is 4.53 Å². The van der Waals surface area contributed by atoms with Gasteiger partial charge in [-0.1, -0.05) is 103 Å². The first-order chi connectivity index (χ1) is 14.2. The quantitative estimate of drug-likeness (QED) is 0.106. The molecule has 29 heavy (non-hydrogen) atoms. The van der Waals surface area contributed by atoms with E-state index in [0.29, 0.717) is 6.54 Å². The zero-order chi connectivity index (χ0) is 21.5. The van der Waals surface area contributed by atoms with Crippen molar-refractivity contribution in [2.75, 3.05) is 27.3 Å². The van der Waals surface area contributed by atoms with Crippen molar-refractivity contribution in [2.45, 2.75) is 122 Å². The van der Waals surface area contributed by atoms with Crippen LogP contribution in [0.4, 0.5) is 0 Å². The van der Waals surface area contributed by atoms with E-state index in [1.165, 1.54) is 96.3 Å². The predicted molar refractivity (Wildman–Crippen MR) is 127 cm³/mol. The molecule has 0 aliphatic carbocycles. The molecule has 0 aromatic carbocycles. The second-order valence-electron chi connectivity index (χ2n) is 8.28. The fourth-order valence-corrected chi connectivity index (χ4v) is 5.45. The molecule has 0 aliphatic rings. The molecule has 0 aromatic heterocycles. The van der Waals surface area contributed by atoms with E-state index in [4.69, 9.17) is 19.1 Å². The topological polar surface area (TPSA) is 65.7 Å². The van der Waals surface area contributed by atoms with Gasteiger partial charge < -0.3 is 14.6 Å². The summed E-state index contributed by atoms with van der Waals surface area (Å²) >= 11 is 0. The van der Waals surface area contributed by atoms with Crippen molar-refractivity contribution in [2.24, 2.45) is 5.73 Å². The number of nitrogens with two attached hydrogens (primary N) is 1. The van der Waals surface area contributed by atoms with E-state index >= 15 is 0 Å². The Morgan fingerprint density at radius 3 is 1.41 bits per heavy atom. The van der Waals surface area contributed by atoms with Crippen LogP contribution in [0.2, 0.25) is 6.04 Å². The highest BCUT2D eigenvalue weighted by atomic mass is 28.4. The van der Waals surface area contributed by atoms with Gasteiger partial charge in [0.25, 0.3) is 0 Å². The van der Waals surface area contributed by atoms with Gasteiger partial charge in [0.1, 0.15) is 0 Å². The van der Waals surface area contributed by atoms with Crippen molar-refractivity contribution in [1.29, 1.82) is 0 Å². The second kappa shape index (κ2) is 22.7. The summed E-state index contributed by atoms with van der Waals surface area (Å²) in [4.78, 5) is 0. The fourth-order valence-electron chi connectivity index (χ4n) is 3.65. The zero-order valence-corrected chi connectivity index (χ0v) is 20.9. The highest BCUT2D eigenvalue weighted by Crippen LogP contribution is 2.15. The van der Waals surface area contributed by atoms with Crippen molar-refractivity contribution in [3.8, 4) is 0 Å². The molecule has 3 N–H and O–H groups in total. The van der Waals surface area contributed by atoms with Gasteiger partial charge in [0, 0.05) is 26.8 Å². The van der Waals surface area contributed by atoms with Crippen molar-refractivity contribution in [1.82, 2.24) is 5.48 Å². The Labute approximate surface area is 183 Å². The molecule has 0 fully saturated rings. The average Bonchev–Trinajstić information content (AvgIpc) is 2.75. The summed E-state index contributed by atoms with van der Waals surface area (Å²) in [5.74, 6) is 0. The van der Waals surface area contributed by atoms with Gasteiger partial charge in [-0.15, -0.1) is 0 Å². The van der Waals surface area contributed by atoms with Crippen LogP contribution in [0.1, 0.15) is 116 Å². The summed E-state index contributed by atoms with van der Waals surface area (Å²) in [5, 5.41) is 0. The number of rotatable bonds is 24. The van der Waals surface area contributed by atoms with Gasteiger partial charge in [0.05, 0.1) is 0 Å². The van der Waals surface area contributed by atoms with E-state index in [1.54, 1.807) is 14.2 Å². The van der Waals surface area contributed by atoms with Crippen LogP contribution in [0.3, 0.4) is 0 Å². The lowest BCUT2D eigenvalue weighted by Crippen LogP contribution is -2.48. The molecule has 0 atom stereocenters. The standard InChI is InChI=1S/C23H52N2O3Si/c1-4-5-6-7-8-9-10-11-12-13-14-15-16-17-18-19-22-25-28-29(26-2,27-3)23-20-21-24/h25H,4-24H2,1-3H3. The van der Waals surface area contributed by atoms with E-state index in [-0.39, 0.29) is 0 Å². The van der Waals surface area contributed by atoms with E-state index in [1.807, 2.05) is 0 Å². The fraction of sp³-hybridized carbons (Fsp3) is 1.00. The number of hydrogen-bond acceptors (Lipinski definition) is 5. The molecule has 0 aliphatic heterocycles. The predicted octanol–water partition coefficient (Wildman–Crippen LogP) is 6.35. The number of hydroxylamine groups is 1. The number of hydrogen-bond donors (Lipinski definition) is 2. The molecule has 0 unspecified atom stereocenters. The minimum absolute atomic E-state index is 0.629. The van der Waals surface area contributed by atoms with Gasteiger partial charge >= 0.3 is 8.80 Å². The third-order valence-corrected chi connectivity index (χ3v) is 8.33. The summed E-state index contributed by atoms with van der Waals surface area (Å²) < 4.78 is 16.7. The van der Waals surface area contributed by atoms with Crippen LogP contribution < -0.4 is 11.2 Å². The Morgan fingerprint density at radius 1 is 0.621 bits per heavy atom. The third kappa shape index (κ3) is 18.5. The first kappa shape index (κ1) is 29.0. The molecular formula is C23H52N2O3Si. The molecule has 176 valence electrons. The highest BCUT2D eigenvalue weighted by Gasteiger charge is 2.38. The lowest BCUT2D eigenvalue weighted by molar-refractivity contribution is 0.0461. The Balaban J connectivity index is 3.31. The lowest BCUT2D eigenvalue weighted by Gasteiger charge is -2.25. The third-order valence-electron chi connectivity index (χ3n) is 5.67. The first-order valence-corrected chi connectivity index (χ1v) is 14.4. The molecule has 5 nitrogen and oxygen atoms in total. The highest BCUT2D eigenvalue weighted by molar-refractivity contribution is 6.60. The van der Waals surface area contributed by atoms with E-state index in [9.17, 15) is 0 Å². The van der Waals surface area contributed by atoms with Gasteiger partial charge in [-0.05, 0) is 19.4 Å². The SMILES string of the molecule is CCCCCCCCCCCCCCCCCCNO[Si](CCCN)(OC)OC. The smallest absolute Gasteiger partial charge is 0.376 e. The van der Waals surface area contributed by atoms with Crippen molar-refractivity contribution < 1.29 is 13.4 Å². The maximum Gasteiger partial charge on any atom is 0.517 e. The lowest BCUT2D eigenvalue weighted by atomic mass is 10.0. The average molecular weight is 433 g/mol. The Bertz CT molecular complexity index is 318. The maximum absolute atomic E-state index is 5.74. The largest absolute Gasteiger partial charge is 0.517 e. The number of unbranched alkanes of at least 4 members (excludes halogenated alkanes) is 15. The Kier molecular flexibility index (Phi) is 22.7. The van der Waals surface area contributed by atoms with Crippen LogP contribution in [0.15, 0.2) is 0 Å². The van der Waals surface area contributed by atoms with Crippen LogP contribution in [0.25, 0.3) is 0 Å². The van der Waals surface area contributed by atoms with Crippen LogP contribution in [-0.2, 0) is 13.4 Å². The summed E-state index contributed by atoms with van der Waals surface area (Å²) in [6, 6.07) is 0.752. The van der Waals surface area contributed by atoms with Gasteiger partial charge in [0.15, 0.2) is 0 Å². The van der Waals surface area contributed by atoms with Crippen LogP contribution in [0, 0.1) is 0 Å². The van der Waals surface area contributed by atoms with Crippen molar-refractivity contribution in [3.63, 3.8) is 0 Å². The molecule has 0 bridgehead atoms. The van der Waals surface area contributed by atoms with E-state index < -0.39 is 8.80 Å². The Hall–Kier alpha value is 0.0169. The van der Waals surface area contributed by atoms with Gasteiger partial charge in [-0.2, -0.15) is 0 Å². The van der Waals surface area contributed by atoms with Gasteiger partial charge in [-0.25, -0.2) is 5.48 Å². The normalized spacial score (nSPS) is 12.0. The molecule has 6 heteroatoms. The molecule has 0 radical (unpaired) electrons. The number of nitrogens with one attached hydrogen (secondary N) is 1. The molecule has 0 heterocycles. The van der Waals surface area contributed by atoms with E-state index in [2.05, 4.69) is 12.4 Å². The second-order valence-corrected chi connectivity index (χ2v) is 11.2. The first-order valence-electron chi connectivity index (χ1n) is 12.5. The summed E-state index contributed by atoms with van der Waals surface area (Å²) in [6.45, 7) is 3.77. The minimum Gasteiger partial charge on any atom is -0.376 e. The zero-order valence-electron chi connectivity index (χ0n) is 19.9. The van der Waals surface area contributed by atoms with Crippen molar-refractivity contribution in [3.05, 3.63) is 0 Å². The van der Waals surface area contributed by atoms with Gasteiger partial charge in [0.2, 0.25) is 0 Å². The van der Waals surface area contributed by atoms with Crippen LogP contribution in [0.5, 0.6) is 0 Å². The van der Waals surface area contributed by atoms with Crippen molar-refractivity contribution >= 4 is 8.80 Å².